The van der Waals surface area contributed by atoms with Crippen molar-refractivity contribution in [1.82, 2.24) is 14.7 Å². The largest absolute Gasteiger partial charge is 0.378 e. The number of morpholine rings is 1. The lowest BCUT2D eigenvalue weighted by molar-refractivity contribution is 0.0444. The molecule has 3 aliphatic rings. The van der Waals surface area contributed by atoms with Crippen molar-refractivity contribution in [1.29, 1.82) is 0 Å². The number of carbonyl (C=O) groups excluding carboxylic acids is 1. The first-order chi connectivity index (χ1) is 8.24. The molecule has 0 radical (unpaired) electrons. The van der Waals surface area contributed by atoms with Gasteiger partial charge in [-0.2, -0.15) is 0 Å². The SMILES string of the molecule is CN1CC2CN(C(=O)N3CCOCC3)CC2C1. The zero-order chi connectivity index (χ0) is 11.8. The van der Waals surface area contributed by atoms with Crippen molar-refractivity contribution >= 4 is 6.03 Å². The van der Waals surface area contributed by atoms with E-state index in [2.05, 4.69) is 11.9 Å². The van der Waals surface area contributed by atoms with Crippen LogP contribution in [0.1, 0.15) is 0 Å². The average molecular weight is 239 g/mol. The quantitative estimate of drug-likeness (QED) is 0.594. The van der Waals surface area contributed by atoms with E-state index in [9.17, 15) is 4.79 Å². The molecule has 3 rings (SSSR count). The molecule has 3 saturated heterocycles. The molecule has 96 valence electrons. The number of carbonyl (C=O) groups is 1. The standard InChI is InChI=1S/C12H21N3O2/c1-13-6-10-8-15(9-11(10)7-13)12(16)14-2-4-17-5-3-14/h10-11H,2-9H2,1H3. The molecular formula is C12H21N3O2. The zero-order valence-corrected chi connectivity index (χ0v) is 10.5. The third-order valence-corrected chi connectivity index (χ3v) is 4.22. The maximum atomic E-state index is 12.3. The molecule has 5 nitrogen and oxygen atoms in total. The summed E-state index contributed by atoms with van der Waals surface area (Å²) < 4.78 is 5.28. The summed E-state index contributed by atoms with van der Waals surface area (Å²) in [5.41, 5.74) is 0. The summed E-state index contributed by atoms with van der Waals surface area (Å²) in [4.78, 5) is 18.7. The third kappa shape index (κ3) is 2.13. The predicted octanol–water partition coefficient (Wildman–Crippen LogP) is -0.0680. The molecule has 0 N–H and O–H groups in total. The Kier molecular flexibility index (Phi) is 2.96. The van der Waals surface area contributed by atoms with E-state index in [1.54, 1.807) is 0 Å². The van der Waals surface area contributed by atoms with Gasteiger partial charge in [0.2, 0.25) is 0 Å². The van der Waals surface area contributed by atoms with Gasteiger partial charge in [0.05, 0.1) is 13.2 Å². The minimum absolute atomic E-state index is 0.227. The number of urea groups is 1. The zero-order valence-electron chi connectivity index (χ0n) is 10.5. The van der Waals surface area contributed by atoms with Crippen LogP contribution in [0.25, 0.3) is 0 Å². The van der Waals surface area contributed by atoms with Crippen molar-refractivity contribution in [3.05, 3.63) is 0 Å². The molecule has 3 fully saturated rings. The average Bonchev–Trinajstić information content (AvgIpc) is 2.86. The van der Waals surface area contributed by atoms with Gasteiger partial charge in [-0.15, -0.1) is 0 Å². The van der Waals surface area contributed by atoms with Gasteiger partial charge in [-0.25, -0.2) is 4.79 Å². The number of amides is 2. The van der Waals surface area contributed by atoms with Gasteiger partial charge < -0.3 is 19.4 Å². The van der Waals surface area contributed by atoms with Gasteiger partial charge in [0.15, 0.2) is 0 Å². The predicted molar refractivity (Wildman–Crippen MR) is 63.8 cm³/mol. The highest BCUT2D eigenvalue weighted by Crippen LogP contribution is 2.30. The van der Waals surface area contributed by atoms with Crippen molar-refractivity contribution in [2.24, 2.45) is 11.8 Å². The number of hydrogen-bond acceptors (Lipinski definition) is 3. The van der Waals surface area contributed by atoms with Gasteiger partial charge in [0.25, 0.3) is 0 Å². The number of rotatable bonds is 0. The van der Waals surface area contributed by atoms with Crippen LogP contribution in [0.15, 0.2) is 0 Å². The Bertz CT molecular complexity index is 290. The second-order valence-electron chi connectivity index (χ2n) is 5.53. The summed E-state index contributed by atoms with van der Waals surface area (Å²) in [5, 5.41) is 0. The maximum absolute atomic E-state index is 12.3. The summed E-state index contributed by atoms with van der Waals surface area (Å²) in [5.74, 6) is 1.40. The topological polar surface area (TPSA) is 36.0 Å². The van der Waals surface area contributed by atoms with E-state index in [0.29, 0.717) is 25.0 Å². The van der Waals surface area contributed by atoms with E-state index in [-0.39, 0.29) is 6.03 Å². The summed E-state index contributed by atoms with van der Waals surface area (Å²) in [6.07, 6.45) is 0. The van der Waals surface area contributed by atoms with Crippen LogP contribution in [-0.4, -0.2) is 80.3 Å². The van der Waals surface area contributed by atoms with Crippen LogP contribution in [0.3, 0.4) is 0 Å². The summed E-state index contributed by atoms with van der Waals surface area (Å²) in [7, 11) is 2.17. The summed E-state index contributed by atoms with van der Waals surface area (Å²) in [6.45, 7) is 7.09. The first-order valence-corrected chi connectivity index (χ1v) is 6.54. The maximum Gasteiger partial charge on any atom is 0.320 e. The van der Waals surface area contributed by atoms with Gasteiger partial charge in [-0.05, 0) is 18.9 Å². The molecule has 2 amide bonds. The molecule has 0 saturated carbocycles. The Morgan fingerprint density at radius 2 is 1.59 bits per heavy atom. The number of ether oxygens (including phenoxy) is 1. The fraction of sp³-hybridized carbons (Fsp3) is 0.917. The molecular weight excluding hydrogens is 218 g/mol. The molecule has 2 atom stereocenters. The summed E-state index contributed by atoms with van der Waals surface area (Å²) >= 11 is 0. The Morgan fingerprint density at radius 1 is 1.00 bits per heavy atom. The lowest BCUT2D eigenvalue weighted by Gasteiger charge is -2.31. The van der Waals surface area contributed by atoms with Crippen molar-refractivity contribution in [3.8, 4) is 0 Å². The molecule has 0 aromatic rings. The van der Waals surface area contributed by atoms with Gasteiger partial charge >= 0.3 is 6.03 Å². The molecule has 0 spiro atoms. The molecule has 0 aromatic heterocycles. The lowest BCUT2D eigenvalue weighted by Crippen LogP contribution is -2.48. The molecule has 5 heteroatoms. The highest BCUT2D eigenvalue weighted by atomic mass is 16.5. The van der Waals surface area contributed by atoms with E-state index >= 15 is 0 Å². The minimum Gasteiger partial charge on any atom is -0.378 e. The van der Waals surface area contributed by atoms with E-state index in [0.717, 1.165) is 39.3 Å². The van der Waals surface area contributed by atoms with Crippen molar-refractivity contribution in [2.45, 2.75) is 0 Å². The number of hydrogen-bond donors (Lipinski definition) is 0. The number of likely N-dealkylation sites (tertiary alicyclic amines) is 2. The van der Waals surface area contributed by atoms with Crippen molar-refractivity contribution in [2.75, 3.05) is 59.5 Å². The highest BCUT2D eigenvalue weighted by Gasteiger charge is 2.41. The Labute approximate surface area is 102 Å². The Hall–Kier alpha value is -0.810. The first kappa shape index (κ1) is 11.3. The van der Waals surface area contributed by atoms with Crippen LogP contribution in [0.2, 0.25) is 0 Å². The molecule has 0 bridgehead atoms. The van der Waals surface area contributed by atoms with Crippen LogP contribution in [-0.2, 0) is 4.74 Å². The van der Waals surface area contributed by atoms with E-state index in [1.165, 1.54) is 0 Å². The monoisotopic (exact) mass is 239 g/mol. The minimum atomic E-state index is 0.227. The van der Waals surface area contributed by atoms with E-state index < -0.39 is 0 Å². The number of nitrogens with zero attached hydrogens (tertiary/aromatic N) is 3. The van der Waals surface area contributed by atoms with Crippen LogP contribution in [0.4, 0.5) is 4.79 Å². The second-order valence-corrected chi connectivity index (χ2v) is 5.53. The van der Waals surface area contributed by atoms with Crippen LogP contribution < -0.4 is 0 Å². The van der Waals surface area contributed by atoms with E-state index in [1.807, 2.05) is 9.80 Å². The normalized spacial score (nSPS) is 34.2. The van der Waals surface area contributed by atoms with Gasteiger partial charge in [-0.1, -0.05) is 0 Å². The molecule has 0 aliphatic carbocycles. The fourth-order valence-corrected chi connectivity index (χ4v) is 3.34. The van der Waals surface area contributed by atoms with Gasteiger partial charge in [0.1, 0.15) is 0 Å². The van der Waals surface area contributed by atoms with Crippen LogP contribution in [0, 0.1) is 11.8 Å². The first-order valence-electron chi connectivity index (χ1n) is 6.54. The third-order valence-electron chi connectivity index (χ3n) is 4.22. The molecule has 3 aliphatic heterocycles. The van der Waals surface area contributed by atoms with E-state index in [4.69, 9.17) is 4.74 Å². The van der Waals surface area contributed by atoms with Crippen molar-refractivity contribution < 1.29 is 9.53 Å². The Morgan fingerprint density at radius 3 is 2.18 bits per heavy atom. The fourth-order valence-electron chi connectivity index (χ4n) is 3.34. The number of fused-ring (bicyclic) bond motifs is 1. The molecule has 3 heterocycles. The summed E-state index contributed by atoms with van der Waals surface area (Å²) in [6, 6.07) is 0.227. The molecule has 0 aromatic carbocycles. The van der Waals surface area contributed by atoms with Crippen molar-refractivity contribution in [3.63, 3.8) is 0 Å². The van der Waals surface area contributed by atoms with Gasteiger partial charge in [0, 0.05) is 39.3 Å². The van der Waals surface area contributed by atoms with Crippen LogP contribution in [0.5, 0.6) is 0 Å². The smallest absolute Gasteiger partial charge is 0.320 e. The Balaban J connectivity index is 1.57. The molecule has 17 heavy (non-hydrogen) atoms. The second kappa shape index (κ2) is 4.46. The molecule has 2 unspecified atom stereocenters. The van der Waals surface area contributed by atoms with Crippen LogP contribution >= 0.6 is 0 Å². The lowest BCUT2D eigenvalue weighted by atomic mass is 10.0. The van der Waals surface area contributed by atoms with Gasteiger partial charge in [-0.3, -0.25) is 0 Å². The highest BCUT2D eigenvalue weighted by molar-refractivity contribution is 5.75.